The Kier molecular flexibility index (Phi) is 5.58. The molecular formula is C24H29N3O2. The van der Waals surface area contributed by atoms with Gasteiger partial charge in [0.15, 0.2) is 11.5 Å². The molecule has 0 spiro atoms. The van der Waals surface area contributed by atoms with Crippen LogP contribution in [0.25, 0.3) is 22.0 Å². The fourth-order valence-electron chi connectivity index (χ4n) is 4.05. The summed E-state index contributed by atoms with van der Waals surface area (Å²) in [6, 6.07) is 16.8. The number of benzene rings is 2. The highest BCUT2D eigenvalue weighted by Gasteiger charge is 2.20. The van der Waals surface area contributed by atoms with Gasteiger partial charge < -0.3 is 19.3 Å². The van der Waals surface area contributed by atoms with Crippen LogP contribution in [-0.4, -0.2) is 55.8 Å². The van der Waals surface area contributed by atoms with Crippen LogP contribution in [0.1, 0.15) is 14.4 Å². The third kappa shape index (κ3) is 3.75. The Morgan fingerprint density at radius 1 is 0.897 bits per heavy atom. The summed E-state index contributed by atoms with van der Waals surface area (Å²) in [5.41, 5.74) is 2.03. The minimum absolute atomic E-state index is 0. The number of nitrogens with zero attached hydrogens (tertiary/aromatic N) is 3. The van der Waals surface area contributed by atoms with Crippen molar-refractivity contribution >= 4 is 16.6 Å². The summed E-state index contributed by atoms with van der Waals surface area (Å²) in [7, 11) is 0. The van der Waals surface area contributed by atoms with Gasteiger partial charge in [-0.25, -0.2) is 4.98 Å². The van der Waals surface area contributed by atoms with Crippen molar-refractivity contribution in [1.82, 2.24) is 9.88 Å². The first-order valence-corrected chi connectivity index (χ1v) is 10.1. The third-order valence-electron chi connectivity index (χ3n) is 5.68. The summed E-state index contributed by atoms with van der Waals surface area (Å²) < 4.78 is 11.4. The summed E-state index contributed by atoms with van der Waals surface area (Å²) in [5.74, 6) is 2.70. The summed E-state index contributed by atoms with van der Waals surface area (Å²) >= 11 is 0. The van der Waals surface area contributed by atoms with E-state index in [1.54, 1.807) is 0 Å². The molecule has 2 aliphatic rings. The molecule has 2 aliphatic heterocycles. The van der Waals surface area contributed by atoms with Crippen LogP contribution >= 0.6 is 0 Å². The van der Waals surface area contributed by atoms with Crippen LogP contribution in [0.3, 0.4) is 0 Å². The summed E-state index contributed by atoms with van der Waals surface area (Å²) in [6.45, 7) is 8.72. The van der Waals surface area contributed by atoms with Crippen molar-refractivity contribution in [2.24, 2.45) is 0 Å². The number of ether oxygens (including phenoxy) is 2. The van der Waals surface area contributed by atoms with E-state index in [1.807, 2.05) is 12.1 Å². The van der Waals surface area contributed by atoms with Gasteiger partial charge in [0.25, 0.3) is 0 Å². The molecule has 2 aromatic carbocycles. The van der Waals surface area contributed by atoms with E-state index in [4.69, 9.17) is 14.5 Å². The average molecular weight is 392 g/mol. The van der Waals surface area contributed by atoms with Gasteiger partial charge in [-0.3, -0.25) is 0 Å². The maximum absolute atomic E-state index is 5.78. The first kappa shape index (κ1) is 19.5. The fraction of sp³-hybridized carbons (Fsp3) is 0.375. The lowest BCUT2D eigenvalue weighted by molar-refractivity contribution is 0.171. The van der Waals surface area contributed by atoms with Crippen LogP contribution in [0.2, 0.25) is 0 Å². The number of fused-ring (bicyclic) bond motifs is 2. The Labute approximate surface area is 172 Å². The molecule has 3 aromatic rings. The van der Waals surface area contributed by atoms with Gasteiger partial charge >= 0.3 is 0 Å². The highest BCUT2D eigenvalue weighted by molar-refractivity contribution is 5.95. The van der Waals surface area contributed by atoms with Crippen LogP contribution in [0, 0.1) is 0 Å². The monoisotopic (exact) mass is 391 g/mol. The highest BCUT2D eigenvalue weighted by Crippen LogP contribution is 2.36. The number of hydrogen-bond donors (Lipinski definition) is 0. The third-order valence-corrected chi connectivity index (χ3v) is 5.68. The average Bonchev–Trinajstić information content (AvgIpc) is 2.78. The number of rotatable bonds is 3. The molecule has 1 fully saturated rings. The van der Waals surface area contributed by atoms with Crippen molar-refractivity contribution in [1.29, 1.82) is 0 Å². The van der Waals surface area contributed by atoms with Crippen molar-refractivity contribution in [2.45, 2.75) is 14.4 Å². The number of likely N-dealkylation sites (N-methyl/N-ethyl adjacent to an activating group) is 1. The Balaban J connectivity index is 0.00000205. The molecule has 3 heterocycles. The molecule has 29 heavy (non-hydrogen) atoms. The Hall–Kier alpha value is -2.79. The second kappa shape index (κ2) is 8.29. The summed E-state index contributed by atoms with van der Waals surface area (Å²) in [5, 5.41) is 2.43. The zero-order valence-electron chi connectivity index (χ0n) is 16.2. The molecule has 0 aliphatic carbocycles. The molecular weight excluding hydrogens is 362 g/mol. The molecule has 5 heteroatoms. The summed E-state index contributed by atoms with van der Waals surface area (Å²) in [6.07, 6.45) is 0. The lowest BCUT2D eigenvalue weighted by Gasteiger charge is -2.35. The Bertz CT molecular complexity index is 997. The van der Waals surface area contributed by atoms with Crippen LogP contribution in [0.5, 0.6) is 11.5 Å². The minimum atomic E-state index is 0. The molecule has 152 valence electrons. The second-order valence-corrected chi connectivity index (χ2v) is 7.33. The minimum Gasteiger partial charge on any atom is -0.486 e. The number of anilines is 1. The van der Waals surface area contributed by atoms with Gasteiger partial charge in [-0.15, -0.1) is 0 Å². The second-order valence-electron chi connectivity index (χ2n) is 7.33. The van der Waals surface area contributed by atoms with E-state index in [2.05, 4.69) is 53.1 Å². The molecule has 0 N–H and O–H groups in total. The van der Waals surface area contributed by atoms with Crippen molar-refractivity contribution in [3.63, 3.8) is 0 Å². The van der Waals surface area contributed by atoms with Crippen LogP contribution in [-0.2, 0) is 0 Å². The maximum Gasteiger partial charge on any atom is 0.162 e. The molecule has 0 unspecified atom stereocenters. The molecule has 5 nitrogen and oxygen atoms in total. The predicted molar refractivity (Wildman–Crippen MR) is 119 cm³/mol. The van der Waals surface area contributed by atoms with E-state index in [0.29, 0.717) is 13.2 Å². The lowest BCUT2D eigenvalue weighted by Crippen LogP contribution is -2.46. The standard InChI is InChI=1S/C23H25N3O2.CH4/c1-2-25-9-11-26(12-10-25)23-19-6-4-3-5-17(19)15-20(24-23)18-7-8-21-22(16-18)28-14-13-27-21;/h3-8,15-16H,2,9-14H2,1H3;1H4. The van der Waals surface area contributed by atoms with Crippen LogP contribution in [0.4, 0.5) is 5.82 Å². The van der Waals surface area contributed by atoms with Gasteiger partial charge in [-0.1, -0.05) is 38.6 Å². The molecule has 0 bridgehead atoms. The van der Waals surface area contributed by atoms with Crippen molar-refractivity contribution in [2.75, 3.05) is 50.8 Å². The molecule has 0 saturated carbocycles. The smallest absolute Gasteiger partial charge is 0.162 e. The Morgan fingerprint density at radius 3 is 2.45 bits per heavy atom. The van der Waals surface area contributed by atoms with Crippen molar-refractivity contribution in [3.8, 4) is 22.8 Å². The van der Waals surface area contributed by atoms with E-state index < -0.39 is 0 Å². The number of piperazine rings is 1. The highest BCUT2D eigenvalue weighted by atomic mass is 16.6. The van der Waals surface area contributed by atoms with E-state index in [0.717, 1.165) is 61.3 Å². The Morgan fingerprint density at radius 2 is 1.66 bits per heavy atom. The number of hydrogen-bond acceptors (Lipinski definition) is 5. The van der Waals surface area contributed by atoms with Crippen molar-refractivity contribution in [3.05, 3.63) is 48.5 Å². The van der Waals surface area contributed by atoms with Gasteiger partial charge in [0.1, 0.15) is 19.0 Å². The van der Waals surface area contributed by atoms with Gasteiger partial charge in [-0.2, -0.15) is 0 Å². The topological polar surface area (TPSA) is 37.8 Å². The summed E-state index contributed by atoms with van der Waals surface area (Å²) in [4.78, 5) is 10.0. The molecule has 0 atom stereocenters. The van der Waals surface area contributed by atoms with Crippen LogP contribution in [0.15, 0.2) is 48.5 Å². The predicted octanol–water partition coefficient (Wildman–Crippen LogP) is 4.45. The van der Waals surface area contributed by atoms with Gasteiger partial charge in [-0.05, 0) is 36.2 Å². The SMILES string of the molecule is C.CCN1CCN(c2nc(-c3ccc4c(c3)OCCO4)cc3ccccc23)CC1. The number of aromatic nitrogens is 1. The fourth-order valence-corrected chi connectivity index (χ4v) is 4.05. The normalized spacial score (nSPS) is 16.5. The quantitative estimate of drug-likeness (QED) is 0.659. The van der Waals surface area contributed by atoms with E-state index in [-0.39, 0.29) is 7.43 Å². The largest absolute Gasteiger partial charge is 0.486 e. The molecule has 1 saturated heterocycles. The zero-order chi connectivity index (χ0) is 18.9. The first-order chi connectivity index (χ1) is 13.8. The zero-order valence-corrected chi connectivity index (χ0v) is 16.2. The molecule has 0 radical (unpaired) electrons. The van der Waals surface area contributed by atoms with Gasteiger partial charge in [0, 0.05) is 37.1 Å². The van der Waals surface area contributed by atoms with Crippen LogP contribution < -0.4 is 14.4 Å². The van der Waals surface area contributed by atoms with E-state index >= 15 is 0 Å². The first-order valence-electron chi connectivity index (χ1n) is 10.1. The van der Waals surface area contributed by atoms with Gasteiger partial charge in [0.05, 0.1) is 5.69 Å². The number of pyridine rings is 1. The lowest BCUT2D eigenvalue weighted by atomic mass is 10.1. The van der Waals surface area contributed by atoms with E-state index in [1.165, 1.54) is 10.8 Å². The van der Waals surface area contributed by atoms with E-state index in [9.17, 15) is 0 Å². The maximum atomic E-state index is 5.78. The molecule has 1 aromatic heterocycles. The van der Waals surface area contributed by atoms with Crippen molar-refractivity contribution < 1.29 is 9.47 Å². The molecule has 0 amide bonds. The molecule has 5 rings (SSSR count). The van der Waals surface area contributed by atoms with Gasteiger partial charge in [0.2, 0.25) is 0 Å².